The maximum Gasteiger partial charge on any atom is 0.124 e. The number of nitrogens with one attached hydrogen (secondary N) is 1. The lowest BCUT2D eigenvalue weighted by Gasteiger charge is -2.21. The number of halogens is 1. The summed E-state index contributed by atoms with van der Waals surface area (Å²) in [7, 11) is 0. The third-order valence-corrected chi connectivity index (χ3v) is 3.37. The number of nitrogens with two attached hydrogens (primary N) is 1. The van der Waals surface area contributed by atoms with Crippen LogP contribution >= 0.6 is 12.2 Å². The predicted molar refractivity (Wildman–Crippen MR) is 84.1 cm³/mol. The second-order valence-electron chi connectivity index (χ2n) is 4.83. The lowest BCUT2D eigenvalue weighted by atomic mass is 10.0. The zero-order valence-electron chi connectivity index (χ0n) is 11.7. The van der Waals surface area contributed by atoms with Crippen LogP contribution in [-0.4, -0.2) is 11.0 Å². The van der Waals surface area contributed by atoms with Gasteiger partial charge in [0.25, 0.3) is 0 Å². The minimum atomic E-state index is -0.311. The van der Waals surface area contributed by atoms with E-state index in [9.17, 15) is 4.39 Å². The van der Waals surface area contributed by atoms with Gasteiger partial charge in [0.2, 0.25) is 0 Å². The fourth-order valence-electron chi connectivity index (χ4n) is 2.15. The van der Waals surface area contributed by atoms with Crippen molar-refractivity contribution in [1.29, 1.82) is 0 Å². The van der Waals surface area contributed by atoms with Gasteiger partial charge in [-0.2, -0.15) is 0 Å². The van der Waals surface area contributed by atoms with Gasteiger partial charge in [0.1, 0.15) is 10.8 Å². The van der Waals surface area contributed by atoms with Crippen molar-refractivity contribution in [1.82, 2.24) is 0 Å². The Morgan fingerprint density at radius 1 is 1.32 bits per heavy atom. The Kier molecular flexibility index (Phi) is 6.78. The molecule has 1 rings (SSSR count). The van der Waals surface area contributed by atoms with Gasteiger partial charge in [0, 0.05) is 17.3 Å². The Labute approximate surface area is 120 Å². The fourth-order valence-corrected chi connectivity index (χ4v) is 2.32. The second-order valence-corrected chi connectivity index (χ2v) is 5.27. The molecule has 0 aliphatic heterocycles. The predicted octanol–water partition coefficient (Wildman–Crippen LogP) is 4.23. The van der Waals surface area contributed by atoms with E-state index in [1.807, 2.05) is 0 Å². The Morgan fingerprint density at radius 2 is 2.05 bits per heavy atom. The van der Waals surface area contributed by atoms with Crippen LogP contribution < -0.4 is 11.1 Å². The quantitative estimate of drug-likeness (QED) is 0.701. The molecule has 0 aliphatic rings. The summed E-state index contributed by atoms with van der Waals surface area (Å²) in [4.78, 5) is 0.229. The van der Waals surface area contributed by atoms with Crippen molar-refractivity contribution in [3.05, 3.63) is 29.6 Å². The number of hydrogen-bond donors (Lipinski definition) is 2. The average molecular weight is 282 g/mol. The summed E-state index contributed by atoms with van der Waals surface area (Å²) in [5.74, 6) is -0.311. The van der Waals surface area contributed by atoms with Crippen molar-refractivity contribution in [3.63, 3.8) is 0 Å². The maximum atomic E-state index is 13.3. The van der Waals surface area contributed by atoms with Gasteiger partial charge in [-0.1, -0.05) is 45.3 Å². The molecule has 0 fully saturated rings. The van der Waals surface area contributed by atoms with Gasteiger partial charge in [0.05, 0.1) is 0 Å². The molecule has 1 aromatic carbocycles. The molecule has 2 nitrogen and oxygen atoms in total. The molecule has 0 radical (unpaired) electrons. The Morgan fingerprint density at radius 3 is 2.63 bits per heavy atom. The number of unbranched alkanes of at least 4 members (excludes halogenated alkanes) is 1. The number of hydrogen-bond acceptors (Lipinski definition) is 2. The van der Waals surface area contributed by atoms with E-state index in [-0.39, 0.29) is 10.8 Å². The Balaban J connectivity index is 2.85. The standard InChI is InChI=1S/C15H23FN2S/c1-3-5-7-12(6-4-2)18-14-9-8-11(16)10-13(14)15(17)19/h8-10,12,18H,3-7H2,1-2H3,(H2,17,19). The van der Waals surface area contributed by atoms with Gasteiger partial charge in [-0.15, -0.1) is 0 Å². The van der Waals surface area contributed by atoms with E-state index < -0.39 is 0 Å². The van der Waals surface area contributed by atoms with Crippen LogP contribution in [0.5, 0.6) is 0 Å². The fraction of sp³-hybridized carbons (Fsp3) is 0.533. The number of rotatable bonds is 8. The van der Waals surface area contributed by atoms with Gasteiger partial charge < -0.3 is 11.1 Å². The number of benzene rings is 1. The molecule has 0 aliphatic carbocycles. The molecular weight excluding hydrogens is 259 g/mol. The van der Waals surface area contributed by atoms with Crippen molar-refractivity contribution < 1.29 is 4.39 Å². The first-order valence-electron chi connectivity index (χ1n) is 6.94. The van der Waals surface area contributed by atoms with E-state index in [0.717, 1.165) is 24.9 Å². The van der Waals surface area contributed by atoms with Crippen LogP contribution in [0.1, 0.15) is 51.5 Å². The van der Waals surface area contributed by atoms with Gasteiger partial charge in [0.15, 0.2) is 0 Å². The number of anilines is 1. The summed E-state index contributed by atoms with van der Waals surface area (Å²) in [6.45, 7) is 4.35. The molecule has 0 saturated heterocycles. The van der Waals surface area contributed by atoms with E-state index in [4.69, 9.17) is 18.0 Å². The van der Waals surface area contributed by atoms with Crippen LogP contribution in [0.25, 0.3) is 0 Å². The largest absolute Gasteiger partial charge is 0.389 e. The van der Waals surface area contributed by atoms with Crippen LogP contribution in [0.3, 0.4) is 0 Å². The molecule has 1 aromatic rings. The molecule has 106 valence electrons. The smallest absolute Gasteiger partial charge is 0.124 e. The third kappa shape index (κ3) is 5.15. The highest BCUT2D eigenvalue weighted by atomic mass is 32.1. The van der Waals surface area contributed by atoms with Gasteiger partial charge in [-0.05, 0) is 31.0 Å². The minimum absolute atomic E-state index is 0.229. The van der Waals surface area contributed by atoms with E-state index in [0.29, 0.717) is 11.6 Å². The second kappa shape index (κ2) is 8.10. The van der Waals surface area contributed by atoms with Gasteiger partial charge in [-0.25, -0.2) is 4.39 Å². The average Bonchev–Trinajstić information content (AvgIpc) is 2.38. The first-order chi connectivity index (χ1) is 9.08. The van der Waals surface area contributed by atoms with Crippen molar-refractivity contribution >= 4 is 22.9 Å². The lowest BCUT2D eigenvalue weighted by Crippen LogP contribution is -2.22. The van der Waals surface area contributed by atoms with Crippen molar-refractivity contribution in [2.45, 2.75) is 52.0 Å². The van der Waals surface area contributed by atoms with E-state index in [1.54, 1.807) is 6.07 Å². The van der Waals surface area contributed by atoms with Crippen LogP contribution in [0.4, 0.5) is 10.1 Å². The monoisotopic (exact) mass is 282 g/mol. The summed E-state index contributed by atoms with van der Waals surface area (Å²) in [6, 6.07) is 4.95. The summed E-state index contributed by atoms with van der Waals surface area (Å²) < 4.78 is 13.3. The molecule has 3 N–H and O–H groups in total. The topological polar surface area (TPSA) is 38.0 Å². The Bertz CT molecular complexity index is 421. The van der Waals surface area contributed by atoms with Gasteiger partial charge in [-0.3, -0.25) is 0 Å². The highest BCUT2D eigenvalue weighted by Crippen LogP contribution is 2.21. The lowest BCUT2D eigenvalue weighted by molar-refractivity contribution is 0.564. The normalized spacial score (nSPS) is 12.2. The van der Waals surface area contributed by atoms with Crippen LogP contribution in [0.15, 0.2) is 18.2 Å². The first-order valence-corrected chi connectivity index (χ1v) is 7.35. The van der Waals surface area contributed by atoms with E-state index in [1.165, 1.54) is 25.0 Å². The molecule has 1 unspecified atom stereocenters. The molecular formula is C15H23FN2S. The molecule has 0 spiro atoms. The third-order valence-electron chi connectivity index (χ3n) is 3.15. The zero-order valence-corrected chi connectivity index (χ0v) is 12.5. The molecule has 4 heteroatoms. The SMILES string of the molecule is CCCCC(CCC)Nc1ccc(F)cc1C(N)=S. The molecule has 0 amide bonds. The number of thiocarbonyl (C=S) groups is 1. The minimum Gasteiger partial charge on any atom is -0.389 e. The highest BCUT2D eigenvalue weighted by molar-refractivity contribution is 7.80. The summed E-state index contributed by atoms with van der Waals surface area (Å²) in [5, 5.41) is 3.46. The summed E-state index contributed by atoms with van der Waals surface area (Å²) >= 11 is 4.99. The van der Waals surface area contributed by atoms with Crippen LogP contribution in [0.2, 0.25) is 0 Å². The molecule has 0 bridgehead atoms. The van der Waals surface area contributed by atoms with Crippen LogP contribution in [0, 0.1) is 5.82 Å². The van der Waals surface area contributed by atoms with Crippen molar-refractivity contribution in [3.8, 4) is 0 Å². The van der Waals surface area contributed by atoms with Crippen molar-refractivity contribution in [2.24, 2.45) is 5.73 Å². The van der Waals surface area contributed by atoms with Gasteiger partial charge >= 0.3 is 0 Å². The maximum absolute atomic E-state index is 13.3. The van der Waals surface area contributed by atoms with Crippen LogP contribution in [-0.2, 0) is 0 Å². The zero-order chi connectivity index (χ0) is 14.3. The van der Waals surface area contributed by atoms with Crippen molar-refractivity contribution in [2.75, 3.05) is 5.32 Å². The molecule has 1 atom stereocenters. The molecule has 0 aromatic heterocycles. The molecule has 0 heterocycles. The highest BCUT2D eigenvalue weighted by Gasteiger charge is 2.12. The van der Waals surface area contributed by atoms with E-state index in [2.05, 4.69) is 19.2 Å². The Hall–Kier alpha value is -1.16. The molecule has 19 heavy (non-hydrogen) atoms. The first kappa shape index (κ1) is 15.9. The molecule has 0 saturated carbocycles. The summed E-state index contributed by atoms with van der Waals surface area (Å²) in [5.41, 5.74) is 7.08. The van der Waals surface area contributed by atoms with E-state index >= 15 is 0 Å². The summed E-state index contributed by atoms with van der Waals surface area (Å²) in [6.07, 6.45) is 5.67.